The maximum atomic E-state index is 10.5. The minimum atomic E-state index is -1.00. The number of aliphatic imine (C=N–C) groups is 2. The zero-order valence-electron chi connectivity index (χ0n) is 21.6. The molecular formula is C31H31BN3O2. The molecule has 2 N–H and O–H groups in total. The molecule has 0 amide bonds. The first-order chi connectivity index (χ1) is 17.7. The maximum absolute atomic E-state index is 10.5. The molecule has 185 valence electrons. The minimum Gasteiger partial charge on any atom is -0.427 e. The Kier molecular flexibility index (Phi) is 6.71. The van der Waals surface area contributed by atoms with Gasteiger partial charge in [-0.05, 0) is 43.9 Å². The molecule has 4 aromatic rings. The molecule has 4 aromatic carbocycles. The van der Waals surface area contributed by atoms with Gasteiger partial charge in [-0.15, -0.1) is 0 Å². The van der Waals surface area contributed by atoms with E-state index in [-0.39, 0.29) is 0 Å². The zero-order chi connectivity index (χ0) is 26.0. The highest BCUT2D eigenvalue weighted by molar-refractivity contribution is 6.51. The molecule has 1 aliphatic rings. The van der Waals surface area contributed by atoms with Gasteiger partial charge in [0.25, 0.3) is 0 Å². The van der Waals surface area contributed by atoms with Crippen LogP contribution in [-0.2, 0) is 4.65 Å². The lowest BCUT2D eigenvalue weighted by Crippen LogP contribution is -2.49. The molecule has 0 aromatic heterocycles. The van der Waals surface area contributed by atoms with Crippen molar-refractivity contribution in [1.29, 1.82) is 0 Å². The Bertz CT molecular complexity index is 1400. The molecule has 1 radical (unpaired) electrons. The minimum absolute atomic E-state index is 0.417. The summed E-state index contributed by atoms with van der Waals surface area (Å²) in [7, 11) is 1.74. The molecule has 6 heteroatoms. The number of aliphatic hydroxyl groups is 1. The number of nitrogens with zero attached hydrogens (tertiary/aromatic N) is 2. The molecule has 0 aliphatic carbocycles. The van der Waals surface area contributed by atoms with E-state index in [9.17, 15) is 5.11 Å². The van der Waals surface area contributed by atoms with Gasteiger partial charge in [0.05, 0.1) is 11.2 Å². The second-order valence-electron chi connectivity index (χ2n) is 10.3. The average molecular weight is 488 g/mol. The van der Waals surface area contributed by atoms with Gasteiger partial charge in [-0.25, -0.2) is 9.98 Å². The van der Waals surface area contributed by atoms with Gasteiger partial charge in [-0.2, -0.15) is 0 Å². The Morgan fingerprint density at radius 1 is 0.703 bits per heavy atom. The largest absolute Gasteiger partial charge is 0.427 e. The molecule has 0 spiro atoms. The second kappa shape index (κ2) is 9.96. The SMILES string of the molecule is CC(C)(O)C(C)(C)O[B]c1ccc(C2N=C(c3ccccc3)NC(c3ccccc3)=N2)c2ccccc12. The first-order valence-electron chi connectivity index (χ1n) is 12.5. The molecule has 37 heavy (non-hydrogen) atoms. The number of hydrogen-bond donors (Lipinski definition) is 2. The summed E-state index contributed by atoms with van der Waals surface area (Å²) in [6.45, 7) is 7.27. The summed E-state index contributed by atoms with van der Waals surface area (Å²) in [6, 6.07) is 32.6. The van der Waals surface area contributed by atoms with Crippen LogP contribution in [0.2, 0.25) is 0 Å². The van der Waals surface area contributed by atoms with Crippen LogP contribution in [0.1, 0.15) is 50.6 Å². The highest BCUT2D eigenvalue weighted by Crippen LogP contribution is 2.30. The van der Waals surface area contributed by atoms with Gasteiger partial charge in [-0.3, -0.25) is 0 Å². The van der Waals surface area contributed by atoms with Crippen molar-refractivity contribution < 1.29 is 9.76 Å². The first kappa shape index (κ1) is 24.9. The summed E-state index contributed by atoms with van der Waals surface area (Å²) in [5.74, 6) is 1.57. The Morgan fingerprint density at radius 2 is 1.22 bits per heavy atom. The lowest BCUT2D eigenvalue weighted by molar-refractivity contribution is -0.0893. The van der Waals surface area contributed by atoms with Gasteiger partial charge in [0.1, 0.15) is 11.7 Å². The molecule has 0 fully saturated rings. The number of benzene rings is 4. The van der Waals surface area contributed by atoms with Crippen LogP contribution < -0.4 is 10.8 Å². The van der Waals surface area contributed by atoms with E-state index in [1.165, 1.54) is 0 Å². The van der Waals surface area contributed by atoms with E-state index in [2.05, 4.69) is 47.8 Å². The first-order valence-corrected chi connectivity index (χ1v) is 12.5. The van der Waals surface area contributed by atoms with E-state index in [1.54, 1.807) is 21.3 Å². The normalized spacial score (nSPS) is 14.6. The summed E-state index contributed by atoms with van der Waals surface area (Å²) in [4.78, 5) is 10.1. The number of nitrogens with one attached hydrogen (secondary N) is 1. The summed E-state index contributed by atoms with van der Waals surface area (Å²) < 4.78 is 6.08. The van der Waals surface area contributed by atoms with Crippen LogP contribution in [0.4, 0.5) is 0 Å². The third-order valence-corrected chi connectivity index (χ3v) is 7.06. The molecule has 1 heterocycles. The zero-order valence-corrected chi connectivity index (χ0v) is 21.6. The average Bonchev–Trinajstić information content (AvgIpc) is 2.92. The van der Waals surface area contributed by atoms with Crippen molar-refractivity contribution in [2.75, 3.05) is 0 Å². The van der Waals surface area contributed by atoms with Crippen LogP contribution in [0, 0.1) is 0 Å². The summed E-state index contributed by atoms with van der Waals surface area (Å²) >= 11 is 0. The van der Waals surface area contributed by atoms with Crippen molar-refractivity contribution in [3.63, 3.8) is 0 Å². The van der Waals surface area contributed by atoms with Crippen molar-refractivity contribution in [3.8, 4) is 0 Å². The van der Waals surface area contributed by atoms with Gasteiger partial charge in [0, 0.05) is 16.7 Å². The van der Waals surface area contributed by atoms with E-state index < -0.39 is 17.4 Å². The smallest absolute Gasteiger partial charge is 0.331 e. The molecule has 5 rings (SSSR count). The fraction of sp³-hybridized carbons (Fsp3) is 0.226. The lowest BCUT2D eigenvalue weighted by Gasteiger charge is -2.37. The van der Waals surface area contributed by atoms with E-state index in [4.69, 9.17) is 14.6 Å². The Labute approximate surface area is 219 Å². The summed E-state index contributed by atoms with van der Waals surface area (Å²) in [5, 5.41) is 16.1. The lowest BCUT2D eigenvalue weighted by atomic mass is 9.79. The molecule has 0 bridgehead atoms. The molecule has 0 saturated carbocycles. The van der Waals surface area contributed by atoms with Gasteiger partial charge in [0.2, 0.25) is 0 Å². The van der Waals surface area contributed by atoms with E-state index in [0.29, 0.717) is 0 Å². The Hall–Kier alpha value is -3.74. The number of fused-ring (bicyclic) bond motifs is 1. The van der Waals surface area contributed by atoms with Crippen molar-refractivity contribution in [2.45, 2.75) is 45.1 Å². The topological polar surface area (TPSA) is 66.2 Å². The Morgan fingerprint density at radius 3 is 1.76 bits per heavy atom. The quantitative estimate of drug-likeness (QED) is 0.354. The van der Waals surface area contributed by atoms with Gasteiger partial charge in [-0.1, -0.05) is 97.1 Å². The van der Waals surface area contributed by atoms with E-state index in [1.807, 2.05) is 68.4 Å². The van der Waals surface area contributed by atoms with E-state index >= 15 is 0 Å². The van der Waals surface area contributed by atoms with Crippen LogP contribution in [-0.4, -0.2) is 35.5 Å². The van der Waals surface area contributed by atoms with Gasteiger partial charge < -0.3 is 15.1 Å². The summed E-state index contributed by atoms with van der Waals surface area (Å²) in [5.41, 5.74) is 2.20. The fourth-order valence-corrected chi connectivity index (χ4v) is 4.10. The van der Waals surface area contributed by atoms with Crippen molar-refractivity contribution in [3.05, 3.63) is 114 Å². The van der Waals surface area contributed by atoms with Crippen LogP contribution in [0.3, 0.4) is 0 Å². The molecule has 0 unspecified atom stereocenters. The van der Waals surface area contributed by atoms with Crippen LogP contribution in [0.5, 0.6) is 0 Å². The predicted molar refractivity (Wildman–Crippen MR) is 153 cm³/mol. The highest BCUT2D eigenvalue weighted by Gasteiger charge is 2.36. The van der Waals surface area contributed by atoms with Crippen molar-refractivity contribution >= 4 is 35.4 Å². The molecule has 5 nitrogen and oxygen atoms in total. The standard InChI is InChI=1S/C31H31BN3O2/c1-30(2,36)31(3,4)37-32-26-20-19-25(23-17-11-12-18-24(23)26)29-34-27(21-13-7-5-8-14-21)33-28(35-29)22-15-9-6-10-16-22/h5-20,29,36H,1-4H3,(H,33,34,35). The molecule has 0 atom stereocenters. The van der Waals surface area contributed by atoms with Crippen molar-refractivity contribution in [2.24, 2.45) is 9.98 Å². The molecule has 0 saturated heterocycles. The Balaban J connectivity index is 1.57. The maximum Gasteiger partial charge on any atom is 0.331 e. The van der Waals surface area contributed by atoms with E-state index in [0.717, 1.165) is 44.6 Å². The summed E-state index contributed by atoms with van der Waals surface area (Å²) in [6.07, 6.45) is -0.417. The van der Waals surface area contributed by atoms with Crippen LogP contribution >= 0.6 is 0 Å². The van der Waals surface area contributed by atoms with Crippen LogP contribution in [0.25, 0.3) is 10.8 Å². The van der Waals surface area contributed by atoms with Crippen molar-refractivity contribution in [1.82, 2.24) is 5.32 Å². The monoisotopic (exact) mass is 488 g/mol. The van der Waals surface area contributed by atoms with Gasteiger partial charge in [0.15, 0.2) is 6.17 Å². The molecular weight excluding hydrogens is 457 g/mol. The number of amidine groups is 2. The number of rotatable bonds is 7. The van der Waals surface area contributed by atoms with Gasteiger partial charge >= 0.3 is 7.48 Å². The third-order valence-electron chi connectivity index (χ3n) is 7.06. The molecule has 1 aliphatic heterocycles. The predicted octanol–water partition coefficient (Wildman–Crippen LogP) is 5.15. The second-order valence-corrected chi connectivity index (χ2v) is 10.3. The highest BCUT2D eigenvalue weighted by atomic mass is 16.5. The third kappa shape index (κ3) is 5.22. The number of hydrogen-bond acceptors (Lipinski definition) is 5. The fourth-order valence-electron chi connectivity index (χ4n) is 4.10. The van der Waals surface area contributed by atoms with Crippen LogP contribution in [0.15, 0.2) is 107 Å².